The Kier molecular flexibility index (Phi) is 8.07. The van der Waals surface area contributed by atoms with Gasteiger partial charge in [-0.2, -0.15) is 0 Å². The number of aryl methyl sites for hydroxylation is 1. The summed E-state index contributed by atoms with van der Waals surface area (Å²) in [6.45, 7) is 2.10. The van der Waals surface area contributed by atoms with E-state index in [2.05, 4.69) is 18.2 Å². The van der Waals surface area contributed by atoms with Crippen LogP contribution in [0.5, 0.6) is 5.75 Å². The Labute approximate surface area is 184 Å². The van der Waals surface area contributed by atoms with Crippen LogP contribution in [0.4, 0.5) is 0 Å². The molecule has 1 saturated heterocycles. The lowest BCUT2D eigenvalue weighted by molar-refractivity contribution is -0.220. The lowest BCUT2D eigenvalue weighted by Crippen LogP contribution is -2.50. The summed E-state index contributed by atoms with van der Waals surface area (Å²) in [7, 11) is 0. The van der Waals surface area contributed by atoms with Crippen LogP contribution in [0.2, 0.25) is 0 Å². The van der Waals surface area contributed by atoms with Gasteiger partial charge in [-0.1, -0.05) is 18.2 Å². The van der Waals surface area contributed by atoms with E-state index in [1.165, 1.54) is 0 Å². The van der Waals surface area contributed by atoms with E-state index in [0.717, 1.165) is 24.0 Å². The molecule has 2 N–H and O–H groups in total. The average molecular weight is 516 g/mol. The third-order valence-electron chi connectivity index (χ3n) is 4.91. The average Bonchev–Trinajstić information content (AvgIpc) is 2.73. The van der Waals surface area contributed by atoms with Gasteiger partial charge in [-0.3, -0.25) is 3.07 Å². The minimum atomic E-state index is -1.15. The summed E-state index contributed by atoms with van der Waals surface area (Å²) < 4.78 is 21.6. The number of allylic oxidation sites excluding steroid dienone is 2. The Morgan fingerprint density at radius 2 is 2.14 bits per heavy atom. The Morgan fingerprint density at radius 1 is 1.31 bits per heavy atom. The smallest absolute Gasteiger partial charge is 0.338 e. The molecule has 158 valence electrons. The lowest BCUT2D eigenvalue weighted by Gasteiger charge is -2.35. The van der Waals surface area contributed by atoms with E-state index in [1.807, 2.05) is 0 Å². The van der Waals surface area contributed by atoms with Crippen LogP contribution in [0.25, 0.3) is 0 Å². The maximum atomic E-state index is 12.5. The number of rotatable bonds is 7. The first-order chi connectivity index (χ1) is 14.0. The molecule has 1 aromatic rings. The summed E-state index contributed by atoms with van der Waals surface area (Å²) in [6, 6.07) is 5.17. The molecule has 0 saturated carbocycles. The summed E-state index contributed by atoms with van der Waals surface area (Å²) in [5.74, 6) is 0.143. The van der Waals surface area contributed by atoms with Crippen LogP contribution in [0, 0.1) is 6.92 Å². The van der Waals surface area contributed by atoms with Crippen molar-refractivity contribution in [3.8, 4) is 5.75 Å². The van der Waals surface area contributed by atoms with Crippen molar-refractivity contribution in [1.29, 1.82) is 0 Å². The summed E-state index contributed by atoms with van der Waals surface area (Å²) in [5, 5.41) is 19.9. The highest BCUT2D eigenvalue weighted by molar-refractivity contribution is 14.1. The second-order valence-electron chi connectivity index (χ2n) is 7.11. The van der Waals surface area contributed by atoms with Crippen LogP contribution < -0.4 is 4.74 Å². The number of aliphatic hydroxyl groups is 2. The maximum Gasteiger partial charge on any atom is 0.338 e. The number of ether oxygens (including phenoxy) is 3. The number of benzene rings is 1. The molecule has 2 aliphatic rings. The first-order valence-electron chi connectivity index (χ1n) is 9.53. The monoisotopic (exact) mass is 516 g/mol. The molecule has 3 rings (SSSR count). The molecule has 1 aliphatic heterocycles. The Balaban J connectivity index is 1.55. The number of carbonyl (C=O) groups is 1. The van der Waals surface area contributed by atoms with Crippen LogP contribution in [0.15, 0.2) is 42.0 Å². The van der Waals surface area contributed by atoms with E-state index >= 15 is 0 Å². The van der Waals surface area contributed by atoms with E-state index in [4.69, 9.17) is 17.3 Å². The van der Waals surface area contributed by atoms with Gasteiger partial charge in [-0.05, 0) is 49.1 Å². The number of hydrogen-bond acceptors (Lipinski definition) is 7. The zero-order valence-corrected chi connectivity index (χ0v) is 18.3. The summed E-state index contributed by atoms with van der Waals surface area (Å²) in [5.41, 5.74) is 2.26. The number of esters is 1. The predicted molar refractivity (Wildman–Crippen MR) is 114 cm³/mol. The molecule has 8 heteroatoms. The lowest BCUT2D eigenvalue weighted by atomic mass is 10.0. The van der Waals surface area contributed by atoms with Crippen molar-refractivity contribution in [1.82, 2.24) is 0 Å². The number of aliphatic hydroxyl groups excluding tert-OH is 2. The standard InChI is InChI=1S/C21H25IO7/c1-13-9-15(26-11-14-5-3-2-4-6-14)7-8-16(13)21(25)27-12-18-20(24)17(23)10-19(28-18)29-22/h3,5-9,17-20,23-24H,2,4,10-12H2,1H3. The molecular weight excluding hydrogens is 491 g/mol. The van der Waals surface area contributed by atoms with Gasteiger partial charge in [0.05, 0.1) is 11.7 Å². The number of halogens is 1. The molecule has 1 heterocycles. The number of carbonyl (C=O) groups excluding carboxylic acids is 1. The highest BCUT2D eigenvalue weighted by atomic mass is 127. The van der Waals surface area contributed by atoms with E-state index in [9.17, 15) is 15.0 Å². The molecule has 29 heavy (non-hydrogen) atoms. The molecule has 0 amide bonds. The van der Waals surface area contributed by atoms with Crippen LogP contribution in [0.3, 0.4) is 0 Å². The Morgan fingerprint density at radius 3 is 2.83 bits per heavy atom. The summed E-state index contributed by atoms with van der Waals surface area (Å²) in [6.07, 6.45) is 4.93. The minimum Gasteiger partial charge on any atom is -0.489 e. The third kappa shape index (κ3) is 6.02. The first kappa shape index (κ1) is 22.2. The fourth-order valence-corrected chi connectivity index (χ4v) is 3.57. The predicted octanol–water partition coefficient (Wildman–Crippen LogP) is 3.01. The summed E-state index contributed by atoms with van der Waals surface area (Å²) in [4.78, 5) is 12.5. The quantitative estimate of drug-likeness (QED) is 0.425. The maximum absolute atomic E-state index is 12.5. The molecule has 0 bridgehead atoms. The third-order valence-corrected chi connectivity index (χ3v) is 5.48. The van der Waals surface area contributed by atoms with Crippen molar-refractivity contribution in [3.05, 3.63) is 53.1 Å². The Hall–Kier alpha value is -1.46. The highest BCUT2D eigenvalue weighted by Crippen LogP contribution is 2.24. The van der Waals surface area contributed by atoms with Gasteiger partial charge in [0.25, 0.3) is 0 Å². The highest BCUT2D eigenvalue weighted by Gasteiger charge is 2.38. The molecule has 0 aromatic heterocycles. The van der Waals surface area contributed by atoms with E-state index in [0.29, 0.717) is 17.9 Å². The van der Waals surface area contributed by atoms with Gasteiger partial charge >= 0.3 is 5.97 Å². The van der Waals surface area contributed by atoms with Crippen LogP contribution in [0.1, 0.15) is 35.2 Å². The van der Waals surface area contributed by atoms with Crippen molar-refractivity contribution in [2.75, 3.05) is 13.2 Å². The van der Waals surface area contributed by atoms with Gasteiger partial charge in [0.1, 0.15) is 54.2 Å². The molecule has 7 nitrogen and oxygen atoms in total. The fraction of sp³-hybridized carbons (Fsp3) is 0.476. The van der Waals surface area contributed by atoms with E-state index in [1.54, 1.807) is 48.1 Å². The molecule has 4 atom stereocenters. The van der Waals surface area contributed by atoms with Crippen molar-refractivity contribution < 1.29 is 32.3 Å². The van der Waals surface area contributed by atoms with Crippen LogP contribution >= 0.6 is 23.0 Å². The molecule has 4 unspecified atom stereocenters. The minimum absolute atomic E-state index is 0.155. The topological polar surface area (TPSA) is 94.5 Å². The van der Waals surface area contributed by atoms with Crippen molar-refractivity contribution in [2.24, 2.45) is 0 Å². The van der Waals surface area contributed by atoms with Crippen LogP contribution in [-0.4, -0.2) is 54.0 Å². The van der Waals surface area contributed by atoms with Crippen LogP contribution in [-0.2, 0) is 12.5 Å². The molecule has 1 fully saturated rings. The van der Waals surface area contributed by atoms with Crippen molar-refractivity contribution in [3.63, 3.8) is 0 Å². The largest absolute Gasteiger partial charge is 0.489 e. The van der Waals surface area contributed by atoms with Gasteiger partial charge in [0.15, 0.2) is 6.29 Å². The van der Waals surface area contributed by atoms with Gasteiger partial charge in [0, 0.05) is 6.42 Å². The van der Waals surface area contributed by atoms with E-state index < -0.39 is 30.6 Å². The zero-order chi connectivity index (χ0) is 20.8. The molecule has 0 spiro atoms. The second kappa shape index (κ2) is 10.5. The first-order valence-corrected chi connectivity index (χ1v) is 10.4. The molecule has 1 aromatic carbocycles. The van der Waals surface area contributed by atoms with Gasteiger partial charge in [-0.15, -0.1) is 0 Å². The number of hydrogen-bond donors (Lipinski definition) is 2. The van der Waals surface area contributed by atoms with E-state index in [-0.39, 0.29) is 13.0 Å². The molecule has 0 radical (unpaired) electrons. The molecular formula is C21H25IO7. The van der Waals surface area contributed by atoms with Gasteiger partial charge in [0.2, 0.25) is 0 Å². The van der Waals surface area contributed by atoms with Gasteiger partial charge in [-0.25, -0.2) is 4.79 Å². The Bertz CT molecular complexity index is 776. The fourth-order valence-electron chi connectivity index (χ4n) is 3.24. The summed E-state index contributed by atoms with van der Waals surface area (Å²) >= 11 is 1.67. The van der Waals surface area contributed by atoms with Crippen molar-refractivity contribution in [2.45, 2.75) is 50.8 Å². The SMILES string of the molecule is Cc1cc(OCC2=CCCC=C2)ccc1C(=O)OCC1OC(OI)CC(O)C1O. The van der Waals surface area contributed by atoms with Gasteiger partial charge < -0.3 is 24.4 Å². The second-order valence-corrected chi connectivity index (χ2v) is 7.62. The normalized spacial score (nSPS) is 26.7. The zero-order valence-electron chi connectivity index (χ0n) is 16.1. The molecule has 1 aliphatic carbocycles. The van der Waals surface area contributed by atoms with Crippen molar-refractivity contribution >= 4 is 29.0 Å².